The van der Waals surface area contributed by atoms with Gasteiger partial charge in [-0.25, -0.2) is 4.98 Å². The lowest BCUT2D eigenvalue weighted by Crippen LogP contribution is -2.15. The SMILES string of the molecule is COc1ccc(Cc2nnc(SCc3cc(=O)n4cccc(C)c4n3)o2)cc1. The Morgan fingerprint density at radius 2 is 2.00 bits per heavy atom. The molecule has 0 bridgehead atoms. The Morgan fingerprint density at radius 1 is 1.18 bits per heavy atom. The molecule has 1 aromatic carbocycles. The number of ether oxygens (including phenoxy) is 1. The minimum atomic E-state index is -0.102. The number of rotatable bonds is 6. The molecule has 3 heterocycles. The van der Waals surface area contributed by atoms with E-state index in [4.69, 9.17) is 9.15 Å². The molecule has 142 valence electrons. The number of pyridine rings is 1. The smallest absolute Gasteiger partial charge is 0.276 e. The van der Waals surface area contributed by atoms with Gasteiger partial charge >= 0.3 is 0 Å². The summed E-state index contributed by atoms with van der Waals surface area (Å²) in [4.78, 5) is 16.9. The highest BCUT2D eigenvalue weighted by Crippen LogP contribution is 2.22. The second-order valence-corrected chi connectivity index (χ2v) is 7.17. The molecule has 0 atom stereocenters. The zero-order valence-electron chi connectivity index (χ0n) is 15.5. The van der Waals surface area contributed by atoms with Gasteiger partial charge in [0.25, 0.3) is 10.8 Å². The Bertz CT molecular complexity index is 1170. The molecule has 0 radical (unpaired) electrons. The van der Waals surface area contributed by atoms with Gasteiger partial charge < -0.3 is 9.15 Å². The number of thioether (sulfide) groups is 1. The van der Waals surface area contributed by atoms with Crippen LogP contribution in [0.1, 0.15) is 22.7 Å². The largest absolute Gasteiger partial charge is 0.497 e. The summed E-state index contributed by atoms with van der Waals surface area (Å²) in [5.41, 5.74) is 3.25. The molecule has 8 heteroatoms. The van der Waals surface area contributed by atoms with Crippen molar-refractivity contribution < 1.29 is 9.15 Å². The average molecular weight is 394 g/mol. The molecular weight excluding hydrogens is 376 g/mol. The van der Waals surface area contributed by atoms with Gasteiger partial charge in [0.2, 0.25) is 5.89 Å². The predicted octanol–water partition coefficient (Wildman–Crippen LogP) is 3.28. The lowest BCUT2D eigenvalue weighted by molar-refractivity contribution is 0.413. The molecule has 0 saturated carbocycles. The summed E-state index contributed by atoms with van der Waals surface area (Å²) in [5.74, 6) is 1.82. The fourth-order valence-corrected chi connectivity index (χ4v) is 3.48. The Hall–Kier alpha value is -3.13. The van der Waals surface area contributed by atoms with Gasteiger partial charge in [-0.3, -0.25) is 9.20 Å². The van der Waals surface area contributed by atoms with E-state index in [9.17, 15) is 4.79 Å². The van der Waals surface area contributed by atoms with Crippen molar-refractivity contribution in [3.05, 3.63) is 81.7 Å². The van der Waals surface area contributed by atoms with Crippen LogP contribution in [-0.2, 0) is 12.2 Å². The maximum absolute atomic E-state index is 12.3. The fourth-order valence-electron chi connectivity index (χ4n) is 2.80. The summed E-state index contributed by atoms with van der Waals surface area (Å²) >= 11 is 1.36. The van der Waals surface area contributed by atoms with E-state index >= 15 is 0 Å². The van der Waals surface area contributed by atoms with Gasteiger partial charge in [0, 0.05) is 18.0 Å². The van der Waals surface area contributed by atoms with E-state index in [1.165, 1.54) is 17.8 Å². The quantitative estimate of drug-likeness (QED) is 0.464. The van der Waals surface area contributed by atoms with Crippen molar-refractivity contribution in [3.63, 3.8) is 0 Å². The van der Waals surface area contributed by atoms with Crippen LogP contribution in [0.3, 0.4) is 0 Å². The molecule has 0 fully saturated rings. The zero-order valence-corrected chi connectivity index (χ0v) is 16.3. The van der Waals surface area contributed by atoms with Gasteiger partial charge in [-0.2, -0.15) is 0 Å². The highest BCUT2D eigenvalue weighted by molar-refractivity contribution is 7.98. The third-order valence-electron chi connectivity index (χ3n) is 4.25. The summed E-state index contributed by atoms with van der Waals surface area (Å²) < 4.78 is 12.4. The van der Waals surface area contributed by atoms with Crippen molar-refractivity contribution >= 4 is 17.4 Å². The highest BCUT2D eigenvalue weighted by Gasteiger charge is 2.10. The van der Waals surface area contributed by atoms with Crippen LogP contribution in [0.5, 0.6) is 5.75 Å². The van der Waals surface area contributed by atoms with E-state index in [-0.39, 0.29) is 5.56 Å². The first kappa shape index (κ1) is 18.2. The first-order valence-electron chi connectivity index (χ1n) is 8.68. The van der Waals surface area contributed by atoms with Crippen molar-refractivity contribution in [2.24, 2.45) is 0 Å². The minimum absolute atomic E-state index is 0.102. The molecular formula is C20H18N4O3S. The molecule has 0 aliphatic rings. The van der Waals surface area contributed by atoms with E-state index in [1.807, 2.05) is 43.3 Å². The van der Waals surface area contributed by atoms with Gasteiger partial charge in [-0.05, 0) is 36.2 Å². The van der Waals surface area contributed by atoms with Gasteiger partial charge in [0.05, 0.1) is 19.2 Å². The number of fused-ring (bicyclic) bond motifs is 1. The fraction of sp³-hybridized carbons (Fsp3) is 0.200. The topological polar surface area (TPSA) is 82.5 Å². The van der Waals surface area contributed by atoms with Gasteiger partial charge in [0.1, 0.15) is 11.4 Å². The van der Waals surface area contributed by atoms with E-state index in [2.05, 4.69) is 15.2 Å². The van der Waals surface area contributed by atoms with Crippen molar-refractivity contribution in [1.82, 2.24) is 19.6 Å². The third kappa shape index (κ3) is 3.91. The van der Waals surface area contributed by atoms with Crippen molar-refractivity contribution in [3.8, 4) is 5.75 Å². The van der Waals surface area contributed by atoms with Crippen LogP contribution in [0.2, 0.25) is 0 Å². The Balaban J connectivity index is 1.45. The predicted molar refractivity (Wildman–Crippen MR) is 106 cm³/mol. The summed E-state index contributed by atoms with van der Waals surface area (Å²) in [5, 5.41) is 8.62. The summed E-state index contributed by atoms with van der Waals surface area (Å²) in [6.07, 6.45) is 2.27. The van der Waals surface area contributed by atoms with Gasteiger partial charge in [-0.1, -0.05) is 30.0 Å². The lowest BCUT2D eigenvalue weighted by Gasteiger charge is -2.05. The molecule has 0 spiro atoms. The van der Waals surface area contributed by atoms with E-state index < -0.39 is 0 Å². The molecule has 0 N–H and O–H groups in total. The monoisotopic (exact) mass is 394 g/mol. The molecule has 28 heavy (non-hydrogen) atoms. The molecule has 0 saturated heterocycles. The third-order valence-corrected chi connectivity index (χ3v) is 5.10. The molecule has 0 unspecified atom stereocenters. The normalized spacial score (nSPS) is 11.1. The maximum atomic E-state index is 12.3. The number of benzene rings is 1. The standard InChI is InChI=1S/C20H18N4O3S/c1-13-4-3-9-24-18(25)11-15(21-19(13)24)12-28-20-23-22-17(27-20)10-14-5-7-16(26-2)8-6-14/h3-9,11H,10,12H2,1-2H3. The van der Waals surface area contributed by atoms with Gasteiger partial charge in [-0.15, -0.1) is 10.2 Å². The van der Waals surface area contributed by atoms with Crippen molar-refractivity contribution in [1.29, 1.82) is 0 Å². The van der Waals surface area contributed by atoms with E-state index in [1.54, 1.807) is 17.7 Å². The first-order chi connectivity index (χ1) is 13.6. The van der Waals surface area contributed by atoms with Crippen LogP contribution >= 0.6 is 11.8 Å². The lowest BCUT2D eigenvalue weighted by atomic mass is 10.1. The van der Waals surface area contributed by atoms with Gasteiger partial charge in [0.15, 0.2) is 0 Å². The van der Waals surface area contributed by atoms with Crippen LogP contribution in [0.25, 0.3) is 5.65 Å². The zero-order chi connectivity index (χ0) is 19.5. The van der Waals surface area contributed by atoms with Crippen LogP contribution in [0, 0.1) is 6.92 Å². The molecule has 7 nitrogen and oxygen atoms in total. The second-order valence-electron chi connectivity index (χ2n) is 6.25. The Kier molecular flexibility index (Phi) is 5.12. The summed E-state index contributed by atoms with van der Waals surface area (Å²) in [7, 11) is 1.64. The first-order valence-corrected chi connectivity index (χ1v) is 9.67. The van der Waals surface area contributed by atoms with E-state index in [0.717, 1.165) is 16.9 Å². The Labute approximate surface area is 165 Å². The number of methoxy groups -OCH3 is 1. The average Bonchev–Trinajstić information content (AvgIpc) is 3.15. The maximum Gasteiger partial charge on any atom is 0.276 e. The number of nitrogens with zero attached hydrogens (tertiary/aromatic N) is 4. The van der Waals surface area contributed by atoms with E-state index in [0.29, 0.717) is 34.6 Å². The van der Waals surface area contributed by atoms with Crippen LogP contribution < -0.4 is 10.3 Å². The Morgan fingerprint density at radius 3 is 2.79 bits per heavy atom. The van der Waals surface area contributed by atoms with Crippen molar-refractivity contribution in [2.45, 2.75) is 24.3 Å². The van der Waals surface area contributed by atoms with Crippen LogP contribution in [-0.4, -0.2) is 26.7 Å². The second kappa shape index (κ2) is 7.85. The molecule has 0 amide bonds. The number of hydrogen-bond acceptors (Lipinski definition) is 7. The molecule has 4 aromatic rings. The van der Waals surface area contributed by atoms with Crippen molar-refractivity contribution in [2.75, 3.05) is 7.11 Å². The summed E-state index contributed by atoms with van der Waals surface area (Å²) in [6, 6.07) is 13.0. The minimum Gasteiger partial charge on any atom is -0.497 e. The highest BCUT2D eigenvalue weighted by atomic mass is 32.2. The number of hydrogen-bond donors (Lipinski definition) is 0. The molecule has 4 rings (SSSR count). The van der Waals surface area contributed by atoms with Crippen LogP contribution in [0.4, 0.5) is 0 Å². The molecule has 0 aliphatic heterocycles. The number of aromatic nitrogens is 4. The number of aryl methyl sites for hydroxylation is 1. The van der Waals surface area contributed by atoms with Crippen LogP contribution in [0.15, 0.2) is 63.1 Å². The molecule has 3 aromatic heterocycles. The summed E-state index contributed by atoms with van der Waals surface area (Å²) in [6.45, 7) is 1.93. The molecule has 0 aliphatic carbocycles.